The van der Waals surface area contributed by atoms with Gasteiger partial charge in [-0.15, -0.1) is 0 Å². The first-order valence-corrected chi connectivity index (χ1v) is 14.9. The molecule has 0 aromatic heterocycles. The molecule has 0 saturated heterocycles. The highest BCUT2D eigenvalue weighted by Crippen LogP contribution is 2.37. The Labute approximate surface area is 270 Å². The summed E-state index contributed by atoms with van der Waals surface area (Å²) in [7, 11) is 1.46. The zero-order chi connectivity index (χ0) is 33.0. The van der Waals surface area contributed by atoms with E-state index in [4.69, 9.17) is 15.2 Å². The Hall–Kier alpha value is -6.22. The van der Waals surface area contributed by atoms with E-state index in [1.807, 2.05) is 48.5 Å². The molecule has 9 heteroatoms. The quantitative estimate of drug-likeness (QED) is 0.150. The van der Waals surface area contributed by atoms with Crippen LogP contribution in [0.3, 0.4) is 0 Å². The Balaban J connectivity index is 1.04. The molecule has 4 amide bonds. The van der Waals surface area contributed by atoms with Gasteiger partial charge in [-0.05, 0) is 90.0 Å². The first-order valence-electron chi connectivity index (χ1n) is 14.9. The maximum absolute atomic E-state index is 13.2. The highest BCUT2D eigenvalue weighted by Gasteiger charge is 2.37. The molecule has 2 aliphatic rings. The minimum absolute atomic E-state index is 0.271. The summed E-state index contributed by atoms with van der Waals surface area (Å²) in [5.41, 5.74) is 9.79. The second kappa shape index (κ2) is 11.0. The molecule has 7 rings (SSSR count). The molecule has 0 atom stereocenters. The lowest BCUT2D eigenvalue weighted by Gasteiger charge is -2.26. The van der Waals surface area contributed by atoms with Crippen LogP contribution in [0.25, 0.3) is 0 Å². The van der Waals surface area contributed by atoms with Gasteiger partial charge in [-0.1, -0.05) is 44.2 Å². The summed E-state index contributed by atoms with van der Waals surface area (Å²) >= 11 is 0. The van der Waals surface area contributed by atoms with Gasteiger partial charge in [0.15, 0.2) is 0 Å². The van der Waals surface area contributed by atoms with Crippen molar-refractivity contribution in [3.8, 4) is 23.0 Å². The maximum Gasteiger partial charge on any atom is 0.266 e. The number of fused-ring (bicyclic) bond motifs is 2. The van der Waals surface area contributed by atoms with Crippen LogP contribution in [-0.4, -0.2) is 35.6 Å². The number of imide groups is 2. The number of anilines is 2. The number of hydrogen-bond acceptors (Lipinski definition) is 7. The van der Waals surface area contributed by atoms with Gasteiger partial charge in [0, 0.05) is 18.2 Å². The van der Waals surface area contributed by atoms with E-state index >= 15 is 0 Å². The molecule has 5 aromatic rings. The van der Waals surface area contributed by atoms with Crippen LogP contribution in [-0.2, 0) is 5.41 Å². The number of rotatable bonds is 7. The van der Waals surface area contributed by atoms with Gasteiger partial charge in [0.05, 0.1) is 27.9 Å². The van der Waals surface area contributed by atoms with Crippen molar-refractivity contribution in [2.75, 3.05) is 17.7 Å². The average molecular weight is 624 g/mol. The topological polar surface area (TPSA) is 119 Å². The zero-order valence-electron chi connectivity index (χ0n) is 25.8. The van der Waals surface area contributed by atoms with E-state index in [1.165, 1.54) is 7.05 Å². The zero-order valence-corrected chi connectivity index (χ0v) is 25.8. The van der Waals surface area contributed by atoms with Crippen LogP contribution >= 0.6 is 0 Å². The maximum atomic E-state index is 13.2. The molecule has 0 saturated carbocycles. The highest BCUT2D eigenvalue weighted by atomic mass is 16.5. The summed E-state index contributed by atoms with van der Waals surface area (Å²) in [4.78, 5) is 52.9. The van der Waals surface area contributed by atoms with Crippen molar-refractivity contribution in [2.45, 2.75) is 19.3 Å². The largest absolute Gasteiger partial charge is 0.457 e. The summed E-state index contributed by atoms with van der Waals surface area (Å²) in [6, 6.07) is 31.8. The van der Waals surface area contributed by atoms with E-state index in [2.05, 4.69) is 13.8 Å². The number of nitrogens with two attached hydrogens (primary N) is 1. The lowest BCUT2D eigenvalue weighted by molar-refractivity contribution is 0.0692. The number of ether oxygens (including phenoxy) is 2. The molecule has 0 aliphatic carbocycles. The molecule has 0 radical (unpaired) electrons. The Morgan fingerprint density at radius 1 is 0.532 bits per heavy atom. The highest BCUT2D eigenvalue weighted by molar-refractivity contribution is 6.34. The minimum atomic E-state index is -0.429. The number of carbonyl (C=O) groups excluding carboxylic acids is 4. The molecule has 0 spiro atoms. The van der Waals surface area contributed by atoms with Crippen molar-refractivity contribution in [2.24, 2.45) is 0 Å². The van der Waals surface area contributed by atoms with Crippen molar-refractivity contribution in [1.82, 2.24) is 4.90 Å². The molecule has 2 heterocycles. The van der Waals surface area contributed by atoms with E-state index in [1.54, 1.807) is 60.7 Å². The van der Waals surface area contributed by atoms with Crippen molar-refractivity contribution >= 4 is 35.0 Å². The van der Waals surface area contributed by atoms with Crippen LogP contribution < -0.4 is 20.1 Å². The van der Waals surface area contributed by atoms with Crippen LogP contribution in [0.4, 0.5) is 11.4 Å². The fourth-order valence-corrected chi connectivity index (χ4v) is 5.90. The van der Waals surface area contributed by atoms with Gasteiger partial charge in [0.25, 0.3) is 23.6 Å². The van der Waals surface area contributed by atoms with Gasteiger partial charge in [0.2, 0.25) is 0 Å². The van der Waals surface area contributed by atoms with E-state index in [9.17, 15) is 19.2 Å². The standard InChI is InChI=1S/C38H29N3O6/c1-38(2,22-7-11-26(12-8-22)46-28-15-17-30-32(20-28)35(43)40(3)34(30)42)23-9-13-27(14-10-23)47-29-16-18-31-33(21-29)37(45)41(36(31)44)25-6-4-5-24(39)19-25/h4-21H,39H2,1-3H3. The molecule has 2 aliphatic heterocycles. The van der Waals surface area contributed by atoms with Crippen LogP contribution in [0, 0.1) is 0 Å². The van der Waals surface area contributed by atoms with Gasteiger partial charge in [-0.25, -0.2) is 4.90 Å². The fourth-order valence-electron chi connectivity index (χ4n) is 5.90. The molecular formula is C38H29N3O6. The van der Waals surface area contributed by atoms with Gasteiger partial charge < -0.3 is 15.2 Å². The van der Waals surface area contributed by atoms with Crippen molar-refractivity contribution in [3.63, 3.8) is 0 Å². The number of nitrogens with zero attached hydrogens (tertiary/aromatic N) is 2. The Kier molecular flexibility index (Phi) is 6.90. The van der Waals surface area contributed by atoms with Gasteiger partial charge in [0.1, 0.15) is 23.0 Å². The summed E-state index contributed by atoms with van der Waals surface area (Å²) in [5.74, 6) is 0.600. The average Bonchev–Trinajstić information content (AvgIpc) is 3.44. The minimum Gasteiger partial charge on any atom is -0.457 e. The van der Waals surface area contributed by atoms with E-state index in [0.29, 0.717) is 51.1 Å². The molecule has 0 fully saturated rings. The molecule has 9 nitrogen and oxygen atoms in total. The molecule has 2 N–H and O–H groups in total. The van der Waals surface area contributed by atoms with Crippen LogP contribution in [0.15, 0.2) is 109 Å². The molecular weight excluding hydrogens is 594 g/mol. The molecule has 232 valence electrons. The monoisotopic (exact) mass is 623 g/mol. The van der Waals surface area contributed by atoms with Gasteiger partial charge in [-0.2, -0.15) is 0 Å². The molecule has 5 aromatic carbocycles. The van der Waals surface area contributed by atoms with Gasteiger partial charge in [-0.3, -0.25) is 24.1 Å². The van der Waals surface area contributed by atoms with Crippen LogP contribution in [0.5, 0.6) is 23.0 Å². The number of nitrogen functional groups attached to an aromatic ring is 1. The predicted molar refractivity (Wildman–Crippen MR) is 176 cm³/mol. The second-order valence-corrected chi connectivity index (χ2v) is 12.0. The predicted octanol–water partition coefficient (Wildman–Crippen LogP) is 7.21. The lowest BCUT2D eigenvalue weighted by atomic mass is 9.78. The van der Waals surface area contributed by atoms with E-state index in [-0.39, 0.29) is 22.8 Å². The number of amides is 4. The molecule has 47 heavy (non-hydrogen) atoms. The third-order valence-corrected chi connectivity index (χ3v) is 8.67. The number of carbonyl (C=O) groups is 4. The number of hydrogen-bond donors (Lipinski definition) is 1. The summed E-state index contributed by atoms with van der Waals surface area (Å²) in [6.45, 7) is 4.24. The fraction of sp³-hybridized carbons (Fsp3) is 0.105. The first kappa shape index (κ1) is 29.5. The third kappa shape index (κ3) is 5.07. The van der Waals surface area contributed by atoms with Crippen molar-refractivity contribution < 1.29 is 28.7 Å². The Morgan fingerprint density at radius 2 is 0.979 bits per heavy atom. The normalized spacial score (nSPS) is 14.0. The molecule has 0 unspecified atom stereocenters. The number of benzene rings is 5. The third-order valence-electron chi connectivity index (χ3n) is 8.67. The summed E-state index contributed by atoms with van der Waals surface area (Å²) in [6.07, 6.45) is 0. The van der Waals surface area contributed by atoms with Crippen LogP contribution in [0.2, 0.25) is 0 Å². The smallest absolute Gasteiger partial charge is 0.266 e. The van der Waals surface area contributed by atoms with Crippen molar-refractivity contribution in [3.05, 3.63) is 143 Å². The van der Waals surface area contributed by atoms with E-state index < -0.39 is 11.8 Å². The Morgan fingerprint density at radius 3 is 1.51 bits per heavy atom. The summed E-state index contributed by atoms with van der Waals surface area (Å²) < 4.78 is 12.1. The molecule has 0 bridgehead atoms. The van der Waals surface area contributed by atoms with Gasteiger partial charge >= 0.3 is 0 Å². The first-order chi connectivity index (χ1) is 22.5. The lowest BCUT2D eigenvalue weighted by Crippen LogP contribution is -2.29. The second-order valence-electron chi connectivity index (χ2n) is 12.0. The van der Waals surface area contributed by atoms with Crippen molar-refractivity contribution in [1.29, 1.82) is 0 Å². The Bertz CT molecular complexity index is 2120. The summed E-state index contributed by atoms with van der Waals surface area (Å²) in [5, 5.41) is 0. The SMILES string of the molecule is CN1C(=O)c2ccc(Oc3ccc(C(C)(C)c4ccc(Oc5ccc6c(c5)C(=O)N(c5cccc(N)c5)C6=O)cc4)cc3)cc2C1=O. The van der Waals surface area contributed by atoms with E-state index in [0.717, 1.165) is 20.9 Å². The van der Waals surface area contributed by atoms with Crippen LogP contribution in [0.1, 0.15) is 66.4 Å².